The number of nitrogens with two attached hydrogens (primary N) is 1. The summed E-state index contributed by atoms with van der Waals surface area (Å²) in [5.41, 5.74) is 6.78. The second kappa shape index (κ2) is 4.47. The smallest absolute Gasteiger partial charge is 0.251 e. The van der Waals surface area contributed by atoms with Crippen LogP contribution in [0.5, 0.6) is 0 Å². The number of anilines is 1. The van der Waals surface area contributed by atoms with Crippen LogP contribution in [0.3, 0.4) is 0 Å². The number of benzene rings is 1. The van der Waals surface area contributed by atoms with Crippen LogP contribution in [0.2, 0.25) is 5.02 Å². The minimum atomic E-state index is -0.0258. The monoisotopic (exact) mass is 264 g/mol. The van der Waals surface area contributed by atoms with E-state index in [0.29, 0.717) is 34.2 Å². The van der Waals surface area contributed by atoms with Crippen molar-refractivity contribution in [1.29, 1.82) is 0 Å². The van der Waals surface area contributed by atoms with Gasteiger partial charge in [-0.3, -0.25) is 4.79 Å². The molecule has 1 amide bonds. The highest BCUT2D eigenvalue weighted by molar-refractivity contribution is 6.33. The van der Waals surface area contributed by atoms with Gasteiger partial charge in [-0.2, -0.15) is 0 Å². The molecule has 1 aromatic carbocycles. The summed E-state index contributed by atoms with van der Waals surface area (Å²) in [5, 5.41) is 3.66. The molecule has 2 aliphatic carbocycles. The Labute approximate surface area is 112 Å². The highest BCUT2D eigenvalue weighted by Gasteiger charge is 2.42. The zero-order chi connectivity index (χ0) is 12.7. The summed E-state index contributed by atoms with van der Waals surface area (Å²) in [6.45, 7) is 0. The fraction of sp³-hybridized carbons (Fsp3) is 0.500. The second-order valence-corrected chi connectivity index (χ2v) is 5.82. The molecule has 2 saturated carbocycles. The van der Waals surface area contributed by atoms with Gasteiger partial charge in [0, 0.05) is 11.6 Å². The Kier molecular flexibility index (Phi) is 2.94. The molecule has 0 aliphatic heterocycles. The lowest BCUT2D eigenvalue weighted by atomic mass is 10.1. The van der Waals surface area contributed by atoms with Crippen LogP contribution in [0.25, 0.3) is 0 Å². The first-order valence-electron chi connectivity index (χ1n) is 6.51. The fourth-order valence-electron chi connectivity index (χ4n) is 2.45. The first-order chi connectivity index (χ1) is 8.65. The van der Waals surface area contributed by atoms with Gasteiger partial charge in [0.2, 0.25) is 0 Å². The quantitative estimate of drug-likeness (QED) is 0.822. The highest BCUT2D eigenvalue weighted by Crippen LogP contribution is 2.44. The topological polar surface area (TPSA) is 55.1 Å². The number of nitrogens with one attached hydrogen (secondary N) is 1. The third kappa shape index (κ3) is 2.46. The number of hydrogen-bond donors (Lipinski definition) is 2. The van der Waals surface area contributed by atoms with Gasteiger partial charge in [0.15, 0.2) is 0 Å². The molecule has 96 valence electrons. The minimum absolute atomic E-state index is 0.0258. The second-order valence-electron chi connectivity index (χ2n) is 5.41. The fourth-order valence-corrected chi connectivity index (χ4v) is 2.57. The molecular formula is C14H17ClN2O. The van der Waals surface area contributed by atoms with Gasteiger partial charge in [0.1, 0.15) is 0 Å². The van der Waals surface area contributed by atoms with Crippen molar-refractivity contribution < 1.29 is 4.79 Å². The number of hydrogen-bond acceptors (Lipinski definition) is 2. The Bertz CT molecular complexity index is 469. The molecular weight excluding hydrogens is 248 g/mol. The van der Waals surface area contributed by atoms with Crippen LogP contribution in [0.15, 0.2) is 18.2 Å². The van der Waals surface area contributed by atoms with Crippen molar-refractivity contribution in [3.05, 3.63) is 28.8 Å². The maximum atomic E-state index is 12.2. The van der Waals surface area contributed by atoms with Crippen molar-refractivity contribution in [2.75, 3.05) is 5.73 Å². The lowest BCUT2D eigenvalue weighted by Crippen LogP contribution is -2.38. The molecule has 2 aliphatic rings. The molecule has 0 unspecified atom stereocenters. The maximum Gasteiger partial charge on any atom is 0.251 e. The number of carbonyl (C=O) groups excluding carboxylic acids is 1. The number of rotatable bonds is 4. The van der Waals surface area contributed by atoms with Crippen LogP contribution in [0.4, 0.5) is 5.69 Å². The summed E-state index contributed by atoms with van der Waals surface area (Å²) in [4.78, 5) is 12.2. The Morgan fingerprint density at radius 2 is 1.89 bits per heavy atom. The zero-order valence-electron chi connectivity index (χ0n) is 10.2. The van der Waals surface area contributed by atoms with Crippen molar-refractivity contribution in [2.45, 2.75) is 31.7 Å². The van der Waals surface area contributed by atoms with E-state index < -0.39 is 0 Å². The molecule has 3 N–H and O–H groups in total. The number of amides is 1. The summed E-state index contributed by atoms with van der Waals surface area (Å²) >= 11 is 5.86. The van der Waals surface area contributed by atoms with Crippen molar-refractivity contribution >= 4 is 23.2 Å². The lowest BCUT2D eigenvalue weighted by Gasteiger charge is -2.17. The standard InChI is InChI=1S/C14H17ClN2O/c15-11-6-5-10(7-12(11)16)14(18)17-13(8-1-2-8)9-3-4-9/h5-9,13H,1-4,16H2,(H,17,18). The van der Waals surface area contributed by atoms with Gasteiger partial charge in [0.25, 0.3) is 5.91 Å². The summed E-state index contributed by atoms with van der Waals surface area (Å²) in [5.74, 6) is 1.37. The number of carbonyl (C=O) groups is 1. The summed E-state index contributed by atoms with van der Waals surface area (Å²) < 4.78 is 0. The van der Waals surface area contributed by atoms with E-state index in [1.165, 1.54) is 25.7 Å². The molecule has 0 heterocycles. The van der Waals surface area contributed by atoms with Crippen LogP contribution in [-0.2, 0) is 0 Å². The van der Waals surface area contributed by atoms with Gasteiger partial charge in [-0.15, -0.1) is 0 Å². The Morgan fingerprint density at radius 1 is 1.28 bits per heavy atom. The van der Waals surface area contributed by atoms with E-state index in [1.807, 2.05) is 0 Å². The van der Waals surface area contributed by atoms with Gasteiger partial charge in [-0.25, -0.2) is 0 Å². The Morgan fingerprint density at radius 3 is 2.39 bits per heavy atom. The molecule has 3 rings (SSSR count). The first-order valence-corrected chi connectivity index (χ1v) is 6.89. The molecule has 0 saturated heterocycles. The summed E-state index contributed by atoms with van der Waals surface area (Å²) in [6, 6.07) is 5.42. The predicted octanol–water partition coefficient (Wildman–Crippen LogP) is 2.84. The summed E-state index contributed by atoms with van der Waals surface area (Å²) in [7, 11) is 0. The first kappa shape index (κ1) is 11.8. The van der Waals surface area contributed by atoms with Gasteiger partial charge in [-0.05, 0) is 55.7 Å². The molecule has 18 heavy (non-hydrogen) atoms. The van der Waals surface area contributed by atoms with E-state index in [0.717, 1.165) is 0 Å². The Balaban J connectivity index is 1.71. The van der Waals surface area contributed by atoms with Crippen LogP contribution in [0.1, 0.15) is 36.0 Å². The van der Waals surface area contributed by atoms with E-state index in [-0.39, 0.29) is 5.91 Å². The number of halogens is 1. The average Bonchev–Trinajstić information content (AvgIpc) is 3.22. The highest BCUT2D eigenvalue weighted by atomic mass is 35.5. The average molecular weight is 265 g/mol. The van der Waals surface area contributed by atoms with Crippen molar-refractivity contribution in [1.82, 2.24) is 5.32 Å². The van der Waals surface area contributed by atoms with Crippen LogP contribution in [0, 0.1) is 11.8 Å². The molecule has 0 aromatic heterocycles. The SMILES string of the molecule is Nc1cc(C(=O)NC(C2CC2)C2CC2)ccc1Cl. The molecule has 3 nitrogen and oxygen atoms in total. The Hall–Kier alpha value is -1.22. The van der Waals surface area contributed by atoms with E-state index >= 15 is 0 Å². The number of nitrogen functional groups attached to an aromatic ring is 1. The maximum absolute atomic E-state index is 12.2. The van der Waals surface area contributed by atoms with E-state index in [4.69, 9.17) is 17.3 Å². The van der Waals surface area contributed by atoms with Gasteiger partial charge < -0.3 is 11.1 Å². The van der Waals surface area contributed by atoms with Crippen LogP contribution >= 0.6 is 11.6 Å². The third-order valence-corrected chi connectivity index (χ3v) is 4.16. The molecule has 4 heteroatoms. The summed E-state index contributed by atoms with van der Waals surface area (Å²) in [6.07, 6.45) is 5.02. The molecule has 0 atom stereocenters. The van der Waals surface area contributed by atoms with Crippen LogP contribution < -0.4 is 11.1 Å². The molecule has 2 fully saturated rings. The molecule has 0 bridgehead atoms. The van der Waals surface area contributed by atoms with Gasteiger partial charge in [-0.1, -0.05) is 11.6 Å². The predicted molar refractivity (Wildman–Crippen MR) is 72.6 cm³/mol. The minimum Gasteiger partial charge on any atom is -0.398 e. The van der Waals surface area contributed by atoms with E-state index in [2.05, 4.69) is 5.32 Å². The molecule has 0 spiro atoms. The van der Waals surface area contributed by atoms with E-state index in [9.17, 15) is 4.79 Å². The van der Waals surface area contributed by atoms with Crippen molar-refractivity contribution in [3.8, 4) is 0 Å². The third-order valence-electron chi connectivity index (χ3n) is 3.82. The largest absolute Gasteiger partial charge is 0.398 e. The van der Waals surface area contributed by atoms with Crippen molar-refractivity contribution in [3.63, 3.8) is 0 Å². The van der Waals surface area contributed by atoms with Crippen LogP contribution in [-0.4, -0.2) is 11.9 Å². The van der Waals surface area contributed by atoms with Gasteiger partial charge >= 0.3 is 0 Å². The van der Waals surface area contributed by atoms with Gasteiger partial charge in [0.05, 0.1) is 10.7 Å². The molecule has 0 radical (unpaired) electrons. The lowest BCUT2D eigenvalue weighted by molar-refractivity contribution is 0.0926. The molecule has 1 aromatic rings. The normalized spacial score (nSPS) is 19.0. The van der Waals surface area contributed by atoms with Crippen molar-refractivity contribution in [2.24, 2.45) is 11.8 Å². The zero-order valence-corrected chi connectivity index (χ0v) is 10.9. The van der Waals surface area contributed by atoms with E-state index in [1.54, 1.807) is 18.2 Å².